The molecular formula is C20H26BNO5. The van der Waals surface area contributed by atoms with Crippen LogP contribution in [0.4, 0.5) is 0 Å². The second-order valence-corrected chi connectivity index (χ2v) is 8.70. The van der Waals surface area contributed by atoms with Gasteiger partial charge in [0.1, 0.15) is 19.1 Å². The van der Waals surface area contributed by atoms with Gasteiger partial charge in [-0.3, -0.25) is 9.59 Å². The van der Waals surface area contributed by atoms with Gasteiger partial charge in [-0.2, -0.15) is 0 Å². The molecule has 144 valence electrons. The van der Waals surface area contributed by atoms with Crippen molar-refractivity contribution in [3.63, 3.8) is 0 Å². The van der Waals surface area contributed by atoms with E-state index < -0.39 is 6.69 Å². The zero-order chi connectivity index (χ0) is 18.6. The van der Waals surface area contributed by atoms with Crippen LogP contribution in [0.1, 0.15) is 50.7 Å². The van der Waals surface area contributed by atoms with Crippen LogP contribution in [-0.4, -0.2) is 48.2 Å². The third-order valence-electron chi connectivity index (χ3n) is 7.38. The number of hydrogen-bond acceptors (Lipinski definition) is 5. The smallest absolute Gasteiger partial charge is 0.598 e. The Labute approximate surface area is 159 Å². The monoisotopic (exact) mass is 371 g/mol. The van der Waals surface area contributed by atoms with Crippen LogP contribution in [0.5, 0.6) is 0 Å². The maximum atomic E-state index is 12.5. The van der Waals surface area contributed by atoms with Gasteiger partial charge < -0.3 is 18.4 Å². The van der Waals surface area contributed by atoms with Gasteiger partial charge in [0, 0.05) is 5.92 Å². The van der Waals surface area contributed by atoms with E-state index in [1.54, 1.807) is 0 Å². The maximum absolute atomic E-state index is 12.5. The van der Waals surface area contributed by atoms with Gasteiger partial charge in [-0.15, -0.1) is 0 Å². The molecule has 0 N–H and O–H groups in total. The fourth-order valence-electron chi connectivity index (χ4n) is 5.91. The first kappa shape index (κ1) is 17.3. The number of hydrogen-bond donors (Lipinski definition) is 0. The van der Waals surface area contributed by atoms with Crippen molar-refractivity contribution in [2.75, 3.05) is 13.1 Å². The summed E-state index contributed by atoms with van der Waals surface area (Å²) >= 11 is 0. The predicted molar refractivity (Wildman–Crippen MR) is 98.0 cm³/mol. The van der Waals surface area contributed by atoms with E-state index in [2.05, 4.69) is 6.92 Å². The summed E-state index contributed by atoms with van der Waals surface area (Å²) < 4.78 is 18.0. The Bertz CT molecular complexity index is 743. The first-order valence-corrected chi connectivity index (χ1v) is 10.2. The fraction of sp³-hybridized carbons (Fsp3) is 0.600. The van der Waals surface area contributed by atoms with E-state index >= 15 is 0 Å². The van der Waals surface area contributed by atoms with Gasteiger partial charge in [0.2, 0.25) is 0 Å². The van der Waals surface area contributed by atoms with E-state index in [0.717, 1.165) is 18.4 Å². The van der Waals surface area contributed by atoms with E-state index in [1.807, 2.05) is 30.3 Å². The summed E-state index contributed by atoms with van der Waals surface area (Å²) in [7, 11) is 0. The van der Waals surface area contributed by atoms with Crippen molar-refractivity contribution in [2.24, 2.45) is 5.92 Å². The fourth-order valence-corrected chi connectivity index (χ4v) is 5.91. The Morgan fingerprint density at radius 1 is 1.00 bits per heavy atom. The zero-order valence-corrected chi connectivity index (χ0v) is 15.7. The summed E-state index contributed by atoms with van der Waals surface area (Å²) in [5, 5.41) is 0. The SMILES string of the molecule is CC(C1CCCCC1)[N+]12CC(=O)O[B-]1(C1OC1c1ccccc1)OC(=O)C2. The van der Waals surface area contributed by atoms with E-state index in [1.165, 1.54) is 19.3 Å². The van der Waals surface area contributed by atoms with Crippen molar-refractivity contribution >= 4 is 18.6 Å². The summed E-state index contributed by atoms with van der Waals surface area (Å²) in [6.45, 7) is 0.425. The lowest BCUT2D eigenvalue weighted by molar-refractivity contribution is -0.846. The minimum atomic E-state index is -2.18. The second kappa shape index (κ2) is 6.07. The van der Waals surface area contributed by atoms with E-state index in [-0.39, 0.29) is 43.2 Å². The van der Waals surface area contributed by atoms with Crippen LogP contribution in [0.15, 0.2) is 30.3 Å². The van der Waals surface area contributed by atoms with E-state index in [9.17, 15) is 9.59 Å². The minimum Gasteiger partial charge on any atom is -0.598 e. The molecule has 0 aromatic heterocycles. The van der Waals surface area contributed by atoms with Crippen LogP contribution in [0, 0.1) is 5.92 Å². The molecule has 3 unspecified atom stereocenters. The molecule has 5 rings (SSSR count). The van der Waals surface area contributed by atoms with Crippen LogP contribution >= 0.6 is 0 Å². The molecule has 3 aliphatic heterocycles. The molecule has 1 saturated carbocycles. The Morgan fingerprint density at radius 3 is 2.26 bits per heavy atom. The van der Waals surface area contributed by atoms with Crippen LogP contribution in [0.25, 0.3) is 0 Å². The lowest BCUT2D eigenvalue weighted by Crippen LogP contribution is -2.71. The van der Waals surface area contributed by atoms with Gasteiger partial charge in [0.15, 0.2) is 0 Å². The molecule has 3 saturated heterocycles. The first-order valence-electron chi connectivity index (χ1n) is 10.2. The van der Waals surface area contributed by atoms with Gasteiger partial charge in [0.05, 0.1) is 12.1 Å². The number of benzene rings is 1. The largest absolute Gasteiger partial charge is 0.615 e. The summed E-state index contributed by atoms with van der Waals surface area (Å²) in [5.41, 5.74) is 1.04. The minimum absolute atomic E-state index is 0.142. The summed E-state index contributed by atoms with van der Waals surface area (Å²) in [6.07, 6.45) is 5.80. The second-order valence-electron chi connectivity index (χ2n) is 8.70. The first-order chi connectivity index (χ1) is 13.1. The van der Waals surface area contributed by atoms with Crippen LogP contribution < -0.4 is 0 Å². The number of quaternary nitrogens is 1. The van der Waals surface area contributed by atoms with E-state index in [4.69, 9.17) is 14.0 Å². The molecule has 1 aliphatic carbocycles. The molecule has 0 spiro atoms. The number of nitrogens with zero attached hydrogens (tertiary/aromatic N) is 1. The van der Waals surface area contributed by atoms with Crippen LogP contribution in [0.3, 0.4) is 0 Å². The number of epoxide rings is 1. The molecule has 27 heavy (non-hydrogen) atoms. The molecule has 1 aromatic rings. The van der Waals surface area contributed by atoms with Crippen molar-refractivity contribution in [3.05, 3.63) is 35.9 Å². The summed E-state index contributed by atoms with van der Waals surface area (Å²) in [4.78, 5) is 24.9. The van der Waals surface area contributed by atoms with Crippen molar-refractivity contribution in [3.8, 4) is 0 Å². The average molecular weight is 371 g/mol. The Hall–Kier alpha value is -1.86. The van der Waals surface area contributed by atoms with Crippen molar-refractivity contribution < 1.29 is 28.0 Å². The Balaban J connectivity index is 1.50. The molecule has 0 bridgehead atoms. The van der Waals surface area contributed by atoms with Crippen molar-refractivity contribution in [2.45, 2.75) is 57.2 Å². The normalized spacial score (nSPS) is 39.6. The van der Waals surface area contributed by atoms with Crippen molar-refractivity contribution in [1.29, 1.82) is 0 Å². The molecule has 3 atom stereocenters. The standard InChI is InChI=1S/C20H26BNO5/c1-14(15-8-4-2-5-9-15)22-12-17(23)26-21(22,27-18(24)13-22)20-19(25-20)16-10-6-3-7-11-16/h3,6-7,10-11,14-15,19-20H,2,4-5,8-9,12-13H2,1H3. The Morgan fingerprint density at radius 2 is 1.63 bits per heavy atom. The number of ether oxygens (including phenoxy) is 1. The Kier molecular flexibility index (Phi) is 3.88. The van der Waals surface area contributed by atoms with Gasteiger partial charge >= 0.3 is 18.6 Å². The lowest BCUT2D eigenvalue weighted by Gasteiger charge is -2.50. The number of rotatable bonds is 4. The highest BCUT2D eigenvalue weighted by molar-refractivity contribution is 6.68. The number of carbonyl (C=O) groups excluding carboxylic acids is 2. The van der Waals surface area contributed by atoms with Crippen molar-refractivity contribution in [1.82, 2.24) is 0 Å². The van der Waals surface area contributed by atoms with Gasteiger partial charge in [-0.05, 0) is 25.3 Å². The third kappa shape index (κ3) is 2.48. The molecule has 1 aromatic carbocycles. The quantitative estimate of drug-likeness (QED) is 0.601. The average Bonchev–Trinajstić information content (AvgIpc) is 3.37. The number of carbonyl (C=O) groups is 2. The van der Waals surface area contributed by atoms with E-state index in [0.29, 0.717) is 10.3 Å². The predicted octanol–water partition coefficient (Wildman–Crippen LogP) is 2.50. The molecular weight excluding hydrogens is 345 g/mol. The highest BCUT2D eigenvalue weighted by Gasteiger charge is 2.78. The van der Waals surface area contributed by atoms with Crippen LogP contribution in [0.2, 0.25) is 0 Å². The van der Waals surface area contributed by atoms with Gasteiger partial charge in [-0.25, -0.2) is 0 Å². The summed E-state index contributed by atoms with van der Waals surface area (Å²) in [5.74, 6) is -0.0575. The van der Waals surface area contributed by atoms with Gasteiger partial charge in [0.25, 0.3) is 0 Å². The molecule has 7 heteroatoms. The molecule has 4 aliphatic rings. The molecule has 3 heterocycles. The third-order valence-corrected chi connectivity index (χ3v) is 7.38. The lowest BCUT2D eigenvalue weighted by atomic mass is 9.60. The topological polar surface area (TPSA) is 65.1 Å². The maximum Gasteiger partial charge on any atom is 0.615 e. The number of fused-ring (bicyclic) bond motifs is 1. The van der Waals surface area contributed by atoms with Crippen LogP contribution in [-0.2, 0) is 23.6 Å². The molecule has 4 fully saturated rings. The highest BCUT2D eigenvalue weighted by atomic mass is 16.7. The zero-order valence-electron chi connectivity index (χ0n) is 15.7. The molecule has 0 radical (unpaired) electrons. The summed E-state index contributed by atoms with van der Waals surface area (Å²) in [6, 6.07) is 9.66. The molecule has 6 nitrogen and oxygen atoms in total. The highest BCUT2D eigenvalue weighted by Crippen LogP contribution is 2.54. The van der Waals surface area contributed by atoms with Gasteiger partial charge in [-0.1, -0.05) is 49.6 Å². The molecule has 0 amide bonds.